The first-order valence-corrected chi connectivity index (χ1v) is 20.0. The molecule has 1 fully saturated rings. The lowest BCUT2D eigenvalue weighted by Crippen LogP contribution is -2.56. The fourth-order valence-corrected chi connectivity index (χ4v) is 8.95. The van der Waals surface area contributed by atoms with Crippen molar-refractivity contribution in [2.75, 3.05) is 18.8 Å². The van der Waals surface area contributed by atoms with E-state index >= 15 is 0 Å². The van der Waals surface area contributed by atoms with Gasteiger partial charge in [0.2, 0.25) is 18.0 Å². The molecule has 1 aliphatic heterocycles. The zero-order chi connectivity index (χ0) is 41.2. The van der Waals surface area contributed by atoms with Crippen LogP contribution in [-0.2, 0) is 46.7 Å². The number of azo groups is 1. The van der Waals surface area contributed by atoms with Gasteiger partial charge in [-0.15, -0.1) is 0 Å². The van der Waals surface area contributed by atoms with Gasteiger partial charge in [0.1, 0.15) is 6.04 Å². The Morgan fingerprint density at radius 2 is 1.23 bits per heavy atom. The van der Waals surface area contributed by atoms with Gasteiger partial charge in [-0.2, -0.15) is 10.2 Å². The monoisotopic (exact) mass is 819 g/mol. The third-order valence-electron chi connectivity index (χ3n) is 8.70. The fraction of sp³-hybridized carbons (Fsp3) is 0.472. The zero-order valence-electron chi connectivity index (χ0n) is 30.3. The van der Waals surface area contributed by atoms with E-state index in [0.717, 1.165) is 19.3 Å². The molecule has 304 valence electrons. The van der Waals surface area contributed by atoms with Crippen LogP contribution >= 0.6 is 21.6 Å². The summed E-state index contributed by atoms with van der Waals surface area (Å²) in [6.07, 6.45) is 5.79. The summed E-state index contributed by atoms with van der Waals surface area (Å²) in [5.74, 6) is -8.98. The van der Waals surface area contributed by atoms with Crippen molar-refractivity contribution in [1.82, 2.24) is 15.1 Å². The minimum absolute atomic E-state index is 0.0170. The van der Waals surface area contributed by atoms with Crippen LogP contribution < -0.4 is 5.32 Å². The summed E-state index contributed by atoms with van der Waals surface area (Å²) in [4.78, 5) is 84.2. The molecule has 0 radical (unpaired) electrons. The molecule has 0 aliphatic carbocycles. The third-order valence-corrected chi connectivity index (χ3v) is 11.7. The molecule has 2 atom stereocenters. The quantitative estimate of drug-likeness (QED) is 0.0301. The second kappa shape index (κ2) is 23.1. The first kappa shape index (κ1) is 45.3. The summed E-state index contributed by atoms with van der Waals surface area (Å²) in [5.41, 5.74) is 1.48. The number of carbonyl (C=O) groups is 7. The predicted octanol–water partition coefficient (Wildman–Crippen LogP) is 4.32. The molecule has 1 saturated heterocycles. The summed E-state index contributed by atoms with van der Waals surface area (Å²) >= 11 is 0. The number of hydrogen-bond donors (Lipinski definition) is 7. The summed E-state index contributed by atoms with van der Waals surface area (Å²) in [5, 5.41) is 68.8. The number of carboxylic acid groups (broad SMARTS) is 6. The summed E-state index contributed by atoms with van der Waals surface area (Å²) in [7, 11) is 3.82. The van der Waals surface area contributed by atoms with Crippen LogP contribution in [0.3, 0.4) is 0 Å². The third kappa shape index (κ3) is 15.2. The normalized spacial score (nSPS) is 14.8. The van der Waals surface area contributed by atoms with Crippen molar-refractivity contribution in [2.24, 2.45) is 10.2 Å². The topological polar surface area (TPSA) is 284 Å². The van der Waals surface area contributed by atoms with Gasteiger partial charge in [0.15, 0.2) is 0 Å². The molecule has 2 unspecified atom stereocenters. The molecular formula is C36H45N5O13S2. The average molecular weight is 820 g/mol. The van der Waals surface area contributed by atoms with Crippen molar-refractivity contribution < 1.29 is 64.2 Å². The molecule has 2 aromatic carbocycles. The largest absolute Gasteiger partial charge is 0.480 e. The van der Waals surface area contributed by atoms with Crippen LogP contribution in [0.5, 0.6) is 0 Å². The molecule has 18 nitrogen and oxygen atoms in total. The Balaban J connectivity index is 1.55. The lowest BCUT2D eigenvalue weighted by Gasteiger charge is -2.29. The highest BCUT2D eigenvalue weighted by Gasteiger charge is 2.44. The van der Waals surface area contributed by atoms with Crippen molar-refractivity contribution >= 4 is 74.7 Å². The van der Waals surface area contributed by atoms with Crippen LogP contribution in [0.2, 0.25) is 0 Å². The molecule has 56 heavy (non-hydrogen) atoms. The number of amides is 1. The van der Waals surface area contributed by atoms with Crippen LogP contribution in [0.4, 0.5) is 11.4 Å². The summed E-state index contributed by atoms with van der Waals surface area (Å²) in [6, 6.07) is 6.03. The molecular weight excluding hydrogens is 775 g/mol. The molecule has 2 aromatic rings. The Hall–Kier alpha value is -5.05. The number of hydrogen-bond acceptors (Lipinski definition) is 13. The summed E-state index contributed by atoms with van der Waals surface area (Å²) in [6.45, 7) is -0.743. The first-order valence-electron chi connectivity index (χ1n) is 17.7. The molecule has 20 heteroatoms. The van der Waals surface area contributed by atoms with E-state index in [0.29, 0.717) is 47.2 Å². The lowest BCUT2D eigenvalue weighted by atomic mass is 10.1. The number of carboxylic acids is 6. The van der Waals surface area contributed by atoms with Gasteiger partial charge in [0.05, 0.1) is 17.9 Å². The molecule has 0 aromatic heterocycles. The molecule has 1 heterocycles. The number of unbranched alkanes of at least 4 members (excludes halogenated alkanes) is 2. The molecule has 3 rings (SSSR count). The smallest absolute Gasteiger partial charge is 0.332 e. The minimum Gasteiger partial charge on any atom is -0.480 e. The van der Waals surface area contributed by atoms with E-state index in [9.17, 15) is 64.2 Å². The maximum atomic E-state index is 12.2. The number of carbonyl (C=O) groups excluding carboxylic acids is 1. The van der Waals surface area contributed by atoms with Gasteiger partial charge in [-0.05, 0) is 73.9 Å². The highest BCUT2D eigenvalue weighted by atomic mass is 33.1. The molecule has 1 amide bonds. The van der Waals surface area contributed by atoms with Gasteiger partial charge < -0.3 is 36.0 Å². The Kier molecular flexibility index (Phi) is 18.7. The minimum atomic E-state index is -2.46. The predicted molar refractivity (Wildman–Crippen MR) is 204 cm³/mol. The second-order valence-corrected chi connectivity index (χ2v) is 15.7. The van der Waals surface area contributed by atoms with Crippen molar-refractivity contribution in [1.29, 1.82) is 0 Å². The number of benzene rings is 2. The molecule has 7 N–H and O–H groups in total. The highest BCUT2D eigenvalue weighted by molar-refractivity contribution is 8.77. The van der Waals surface area contributed by atoms with E-state index in [2.05, 4.69) is 15.5 Å². The molecule has 1 aliphatic rings. The highest BCUT2D eigenvalue weighted by Crippen LogP contribution is 2.39. The number of rotatable bonds is 26. The number of aliphatic carboxylic acids is 6. The van der Waals surface area contributed by atoms with Gasteiger partial charge in [-0.3, -0.25) is 24.2 Å². The van der Waals surface area contributed by atoms with E-state index in [4.69, 9.17) is 0 Å². The van der Waals surface area contributed by atoms with E-state index < -0.39 is 67.0 Å². The van der Waals surface area contributed by atoms with E-state index in [1.54, 1.807) is 24.3 Å². The molecule has 0 spiro atoms. The Morgan fingerprint density at radius 3 is 1.70 bits per heavy atom. The second-order valence-electron chi connectivity index (χ2n) is 12.9. The van der Waals surface area contributed by atoms with Crippen molar-refractivity contribution in [2.45, 2.75) is 87.8 Å². The molecule has 0 saturated carbocycles. The average Bonchev–Trinajstić information content (AvgIpc) is 3.64. The van der Waals surface area contributed by atoms with Crippen LogP contribution in [0, 0.1) is 0 Å². The SMILES string of the molecule is O=C(O)CN(Cc1ccc(N=Nc2ccc(CN(C(C(=O)O)C(=O)O)C(C(=O)O)C(=O)O)cc2)cc1)C(CCCCNC(=O)CCCCC1CCSS1)C(=O)O. The number of nitrogens with zero attached hydrogens (tertiary/aromatic N) is 4. The Bertz CT molecular complexity index is 1650. The van der Waals surface area contributed by atoms with Gasteiger partial charge >= 0.3 is 35.8 Å². The molecule has 0 bridgehead atoms. The summed E-state index contributed by atoms with van der Waals surface area (Å²) < 4.78 is 0. The fourth-order valence-electron chi connectivity index (χ4n) is 5.92. The maximum absolute atomic E-state index is 12.2. The standard InChI is InChI=1S/C36H45N5O13S2/c42-28(7-2-1-5-26-16-18-55-56-26)37-17-4-3-6-27(32(45)46)40(21-29(43)44)19-22-8-12-24(13-9-22)38-39-25-14-10-23(11-15-25)20-41(30(33(47)48)34(49)50)31(35(51)52)36(53)54/h8-15,26-27,30-31H,1-7,16-21H2,(H,37,42)(H,43,44)(H,45,46)(H,47,48)(H,49,50)(H,51,52)(H,53,54). The van der Waals surface area contributed by atoms with Crippen LogP contribution in [0.15, 0.2) is 58.8 Å². The van der Waals surface area contributed by atoms with E-state index in [1.165, 1.54) is 41.3 Å². The number of nitrogens with one attached hydrogen (secondary N) is 1. The van der Waals surface area contributed by atoms with Crippen LogP contribution in [0.25, 0.3) is 0 Å². The first-order chi connectivity index (χ1) is 26.7. The lowest BCUT2D eigenvalue weighted by molar-refractivity contribution is -0.166. The maximum Gasteiger partial charge on any atom is 0.332 e. The Morgan fingerprint density at radius 1 is 0.696 bits per heavy atom. The van der Waals surface area contributed by atoms with Gasteiger partial charge in [0, 0.05) is 37.1 Å². The zero-order valence-corrected chi connectivity index (χ0v) is 31.9. The van der Waals surface area contributed by atoms with Crippen molar-refractivity contribution in [3.63, 3.8) is 0 Å². The van der Waals surface area contributed by atoms with Gasteiger partial charge in [0.25, 0.3) is 0 Å². The van der Waals surface area contributed by atoms with Crippen LogP contribution in [0.1, 0.15) is 62.5 Å². The van der Waals surface area contributed by atoms with Gasteiger partial charge in [-0.25, -0.2) is 19.2 Å². The van der Waals surface area contributed by atoms with Crippen molar-refractivity contribution in [3.05, 3.63) is 59.7 Å². The Labute approximate surface area is 329 Å². The van der Waals surface area contributed by atoms with E-state index in [-0.39, 0.29) is 30.1 Å². The van der Waals surface area contributed by atoms with Crippen molar-refractivity contribution in [3.8, 4) is 0 Å². The van der Waals surface area contributed by atoms with Gasteiger partial charge in [-0.1, -0.05) is 52.3 Å². The van der Waals surface area contributed by atoms with Crippen LogP contribution in [-0.4, -0.2) is 124 Å². The van der Waals surface area contributed by atoms with E-state index in [1.807, 2.05) is 21.6 Å².